The molecular weight excluding hydrogens is 258 g/mol. The molecule has 7 heteroatoms. The maximum atomic E-state index is 12.7. The van der Waals surface area contributed by atoms with Crippen molar-refractivity contribution in [1.29, 1.82) is 0 Å². The van der Waals surface area contributed by atoms with Crippen LogP contribution in [0.5, 0.6) is 0 Å². The first-order valence-corrected chi connectivity index (χ1v) is 7.45. The summed E-state index contributed by atoms with van der Waals surface area (Å²) in [6.07, 6.45) is 8.66. The van der Waals surface area contributed by atoms with Crippen molar-refractivity contribution in [2.24, 2.45) is 0 Å². The highest BCUT2D eigenvalue weighted by Gasteiger charge is 2.42. The molecule has 0 radical (unpaired) electrons. The van der Waals surface area contributed by atoms with E-state index in [2.05, 4.69) is 20.8 Å². The smallest absolute Gasteiger partial charge is 0.248 e. The highest BCUT2D eigenvalue weighted by atomic mass is 16.5. The van der Waals surface area contributed by atoms with Crippen LogP contribution in [0, 0.1) is 0 Å². The number of hydrogen-bond donors (Lipinski definition) is 1. The zero-order valence-electron chi connectivity index (χ0n) is 11.6. The van der Waals surface area contributed by atoms with Crippen LogP contribution in [0.1, 0.15) is 44.9 Å². The zero-order valence-corrected chi connectivity index (χ0v) is 11.6. The van der Waals surface area contributed by atoms with E-state index in [1.54, 1.807) is 11.0 Å². The molecule has 1 amide bonds. The molecule has 1 aromatic heterocycles. The number of carbonyl (C=O) groups is 1. The molecule has 110 valence electrons. The Labute approximate surface area is 118 Å². The van der Waals surface area contributed by atoms with Gasteiger partial charge < -0.3 is 10.1 Å². The number of aromatic nitrogens is 4. The summed E-state index contributed by atoms with van der Waals surface area (Å²) in [4.78, 5) is 12.7. The van der Waals surface area contributed by atoms with E-state index in [1.165, 1.54) is 6.42 Å². The molecule has 0 aromatic carbocycles. The van der Waals surface area contributed by atoms with Crippen LogP contribution < -0.4 is 5.32 Å². The van der Waals surface area contributed by atoms with Crippen molar-refractivity contribution < 1.29 is 9.53 Å². The Hall–Kier alpha value is -1.50. The molecule has 2 fully saturated rings. The van der Waals surface area contributed by atoms with Crippen LogP contribution in [0.15, 0.2) is 6.33 Å². The molecule has 1 aliphatic carbocycles. The first-order chi connectivity index (χ1) is 9.81. The molecule has 1 atom stereocenters. The van der Waals surface area contributed by atoms with E-state index in [9.17, 15) is 4.79 Å². The standard InChI is InChI=1S/C13H21N5O2/c19-12(14-9-11-5-4-8-20-11)13(6-2-1-3-7-13)18-10-15-16-17-18/h10-11H,1-9H2,(H,14,19)/t11-/m0/s1. The summed E-state index contributed by atoms with van der Waals surface area (Å²) in [5.41, 5.74) is -0.611. The number of ether oxygens (including phenoxy) is 1. The number of carbonyl (C=O) groups excluding carboxylic acids is 1. The van der Waals surface area contributed by atoms with Gasteiger partial charge in [-0.15, -0.1) is 5.10 Å². The molecule has 2 aliphatic rings. The van der Waals surface area contributed by atoms with Crippen LogP contribution in [-0.2, 0) is 15.1 Å². The average Bonchev–Trinajstić information content (AvgIpc) is 3.18. The summed E-state index contributed by atoms with van der Waals surface area (Å²) in [5, 5.41) is 14.4. The van der Waals surface area contributed by atoms with Gasteiger partial charge in [0, 0.05) is 13.2 Å². The van der Waals surface area contributed by atoms with Gasteiger partial charge in [-0.05, 0) is 36.1 Å². The Bertz CT molecular complexity index is 436. The van der Waals surface area contributed by atoms with Crippen molar-refractivity contribution >= 4 is 5.91 Å². The fourth-order valence-electron chi connectivity index (χ4n) is 3.23. The maximum absolute atomic E-state index is 12.7. The fraction of sp³-hybridized carbons (Fsp3) is 0.846. The lowest BCUT2D eigenvalue weighted by Crippen LogP contribution is -2.51. The van der Waals surface area contributed by atoms with Crippen molar-refractivity contribution in [2.75, 3.05) is 13.2 Å². The molecule has 1 N–H and O–H groups in total. The second-order valence-electron chi connectivity index (χ2n) is 5.69. The van der Waals surface area contributed by atoms with Crippen molar-refractivity contribution in [3.05, 3.63) is 6.33 Å². The van der Waals surface area contributed by atoms with Crippen LogP contribution in [0.2, 0.25) is 0 Å². The van der Waals surface area contributed by atoms with Gasteiger partial charge in [-0.3, -0.25) is 4.79 Å². The van der Waals surface area contributed by atoms with E-state index in [0.717, 1.165) is 45.1 Å². The van der Waals surface area contributed by atoms with Crippen LogP contribution in [-0.4, -0.2) is 45.4 Å². The molecule has 1 saturated heterocycles. The Morgan fingerprint density at radius 2 is 2.20 bits per heavy atom. The summed E-state index contributed by atoms with van der Waals surface area (Å²) in [7, 11) is 0. The summed E-state index contributed by atoms with van der Waals surface area (Å²) in [6, 6.07) is 0. The number of hydrogen-bond acceptors (Lipinski definition) is 5. The van der Waals surface area contributed by atoms with Gasteiger partial charge in [-0.1, -0.05) is 19.3 Å². The minimum absolute atomic E-state index is 0.0278. The third kappa shape index (κ3) is 2.54. The zero-order chi connectivity index (χ0) is 13.8. The highest BCUT2D eigenvalue weighted by Crippen LogP contribution is 2.34. The molecule has 20 heavy (non-hydrogen) atoms. The second-order valence-corrected chi connectivity index (χ2v) is 5.69. The van der Waals surface area contributed by atoms with Gasteiger partial charge >= 0.3 is 0 Å². The molecule has 7 nitrogen and oxygen atoms in total. The summed E-state index contributed by atoms with van der Waals surface area (Å²) >= 11 is 0. The van der Waals surface area contributed by atoms with Gasteiger partial charge in [0.05, 0.1) is 6.10 Å². The van der Waals surface area contributed by atoms with Gasteiger partial charge in [0.2, 0.25) is 5.91 Å². The van der Waals surface area contributed by atoms with Gasteiger partial charge in [0.25, 0.3) is 0 Å². The van der Waals surface area contributed by atoms with Crippen LogP contribution in [0.25, 0.3) is 0 Å². The lowest BCUT2D eigenvalue weighted by atomic mass is 9.81. The Kier molecular flexibility index (Phi) is 3.95. The van der Waals surface area contributed by atoms with Crippen molar-refractivity contribution in [2.45, 2.75) is 56.6 Å². The predicted octanol–water partition coefficient (Wildman–Crippen LogP) is 0.628. The number of tetrazole rings is 1. The Balaban J connectivity index is 1.70. The summed E-state index contributed by atoms with van der Waals surface area (Å²) in [6.45, 7) is 1.39. The molecule has 1 aromatic rings. The molecular formula is C13H21N5O2. The number of nitrogens with zero attached hydrogens (tertiary/aromatic N) is 4. The van der Waals surface area contributed by atoms with E-state index in [0.29, 0.717) is 6.54 Å². The summed E-state index contributed by atoms with van der Waals surface area (Å²) in [5.74, 6) is 0.0278. The van der Waals surface area contributed by atoms with E-state index < -0.39 is 5.54 Å². The van der Waals surface area contributed by atoms with E-state index >= 15 is 0 Å². The van der Waals surface area contributed by atoms with Crippen LogP contribution in [0.4, 0.5) is 0 Å². The van der Waals surface area contributed by atoms with E-state index in [-0.39, 0.29) is 12.0 Å². The van der Waals surface area contributed by atoms with E-state index in [4.69, 9.17) is 4.74 Å². The largest absolute Gasteiger partial charge is 0.376 e. The van der Waals surface area contributed by atoms with Crippen molar-refractivity contribution in [3.63, 3.8) is 0 Å². The normalized spacial score (nSPS) is 25.5. The topological polar surface area (TPSA) is 81.9 Å². The lowest BCUT2D eigenvalue weighted by molar-refractivity contribution is -0.133. The highest BCUT2D eigenvalue weighted by molar-refractivity contribution is 5.84. The van der Waals surface area contributed by atoms with Crippen molar-refractivity contribution in [3.8, 4) is 0 Å². The van der Waals surface area contributed by atoms with Crippen LogP contribution in [0.3, 0.4) is 0 Å². The summed E-state index contributed by atoms with van der Waals surface area (Å²) < 4.78 is 7.19. The molecule has 2 heterocycles. The number of rotatable bonds is 4. The first kappa shape index (κ1) is 13.5. The average molecular weight is 279 g/mol. The van der Waals surface area contributed by atoms with Gasteiger partial charge in [0.15, 0.2) is 0 Å². The molecule has 0 bridgehead atoms. The Morgan fingerprint density at radius 3 is 2.85 bits per heavy atom. The van der Waals surface area contributed by atoms with Gasteiger partial charge in [-0.25, -0.2) is 4.68 Å². The van der Waals surface area contributed by atoms with Crippen molar-refractivity contribution in [1.82, 2.24) is 25.5 Å². The van der Waals surface area contributed by atoms with Crippen LogP contribution >= 0.6 is 0 Å². The van der Waals surface area contributed by atoms with Gasteiger partial charge in [0.1, 0.15) is 11.9 Å². The third-order valence-electron chi connectivity index (χ3n) is 4.41. The number of amides is 1. The monoisotopic (exact) mass is 279 g/mol. The fourth-order valence-corrected chi connectivity index (χ4v) is 3.23. The predicted molar refractivity (Wildman–Crippen MR) is 70.9 cm³/mol. The number of nitrogens with one attached hydrogen (secondary N) is 1. The molecule has 1 saturated carbocycles. The minimum atomic E-state index is -0.611. The van der Waals surface area contributed by atoms with E-state index in [1.807, 2.05) is 0 Å². The molecule has 3 rings (SSSR count). The quantitative estimate of drug-likeness (QED) is 0.874. The Morgan fingerprint density at radius 1 is 1.35 bits per heavy atom. The molecule has 0 unspecified atom stereocenters. The lowest BCUT2D eigenvalue weighted by Gasteiger charge is -2.35. The minimum Gasteiger partial charge on any atom is -0.376 e. The maximum Gasteiger partial charge on any atom is 0.248 e. The molecule has 0 spiro atoms. The SMILES string of the molecule is O=C(NC[C@@H]1CCCO1)C1(n2cnnn2)CCCCC1. The first-order valence-electron chi connectivity index (χ1n) is 7.45. The second kappa shape index (κ2) is 5.87. The molecule has 1 aliphatic heterocycles. The third-order valence-corrected chi connectivity index (χ3v) is 4.41. The van der Waals surface area contributed by atoms with Gasteiger partial charge in [-0.2, -0.15) is 0 Å².